The molecule has 0 spiro atoms. The first-order valence-corrected chi connectivity index (χ1v) is 8.57. The van der Waals surface area contributed by atoms with Crippen LogP contribution in [0.4, 0.5) is 4.39 Å². The molecule has 8 heteroatoms. The summed E-state index contributed by atoms with van der Waals surface area (Å²) in [5, 5.41) is 2.71. The number of nitrogens with zero attached hydrogens (tertiary/aromatic N) is 2. The normalized spacial score (nSPS) is 17.4. The zero-order valence-corrected chi connectivity index (χ0v) is 13.3. The van der Waals surface area contributed by atoms with E-state index in [1.54, 1.807) is 0 Å². The summed E-state index contributed by atoms with van der Waals surface area (Å²) in [5.74, 6) is -0.809. The van der Waals surface area contributed by atoms with Gasteiger partial charge >= 0.3 is 0 Å². The molecule has 1 aliphatic rings. The van der Waals surface area contributed by atoms with Crippen LogP contribution in [0, 0.1) is 5.82 Å². The molecule has 122 valence electrons. The van der Waals surface area contributed by atoms with Crippen LogP contribution in [0.2, 0.25) is 0 Å². The molecule has 1 heterocycles. The molecule has 1 aliphatic heterocycles. The number of piperazine rings is 1. The zero-order chi connectivity index (χ0) is 16.2. The molecule has 1 saturated heterocycles. The van der Waals surface area contributed by atoms with Gasteiger partial charge in [-0.25, -0.2) is 12.8 Å². The zero-order valence-electron chi connectivity index (χ0n) is 12.5. The number of hydrogen-bond acceptors (Lipinski definition) is 4. The topological polar surface area (TPSA) is 69.7 Å². The van der Waals surface area contributed by atoms with E-state index < -0.39 is 15.8 Å². The number of carbonyl (C=O) groups excluding carboxylic acids is 1. The monoisotopic (exact) mass is 329 g/mol. The number of sulfonamides is 1. The lowest BCUT2D eigenvalue weighted by Crippen LogP contribution is -2.50. The Morgan fingerprint density at radius 3 is 2.45 bits per heavy atom. The predicted octanol–water partition coefficient (Wildman–Crippen LogP) is 0.268. The van der Waals surface area contributed by atoms with Crippen molar-refractivity contribution < 1.29 is 17.6 Å². The van der Waals surface area contributed by atoms with Crippen molar-refractivity contribution in [1.82, 2.24) is 14.5 Å². The summed E-state index contributed by atoms with van der Waals surface area (Å²) in [6.07, 6.45) is 0. The maximum absolute atomic E-state index is 13.7. The third kappa shape index (κ3) is 4.02. The number of amides is 1. The van der Waals surface area contributed by atoms with Gasteiger partial charge in [0.1, 0.15) is 10.7 Å². The molecule has 1 amide bonds. The molecular weight excluding hydrogens is 309 g/mol. The molecule has 1 N–H and O–H groups in total. The Morgan fingerprint density at radius 1 is 1.23 bits per heavy atom. The molecule has 0 unspecified atom stereocenters. The van der Waals surface area contributed by atoms with Gasteiger partial charge in [-0.15, -0.1) is 0 Å². The largest absolute Gasteiger partial charge is 0.355 e. The molecule has 0 saturated carbocycles. The highest BCUT2D eigenvalue weighted by Gasteiger charge is 2.30. The van der Waals surface area contributed by atoms with Crippen LogP contribution < -0.4 is 5.32 Å². The van der Waals surface area contributed by atoms with Crippen molar-refractivity contribution in [2.24, 2.45) is 0 Å². The Labute approximate surface area is 130 Å². The van der Waals surface area contributed by atoms with Gasteiger partial charge in [0, 0.05) is 46.2 Å². The number of carbonyl (C=O) groups is 1. The van der Waals surface area contributed by atoms with Gasteiger partial charge in [0.25, 0.3) is 0 Å². The molecule has 0 aliphatic carbocycles. The highest BCUT2D eigenvalue weighted by Crippen LogP contribution is 2.20. The van der Waals surface area contributed by atoms with Crippen molar-refractivity contribution in [3.8, 4) is 0 Å². The summed E-state index contributed by atoms with van der Waals surface area (Å²) in [5.41, 5.74) is 0. The molecule has 0 radical (unpaired) electrons. The summed E-state index contributed by atoms with van der Waals surface area (Å²) >= 11 is 0. The van der Waals surface area contributed by atoms with E-state index in [-0.39, 0.29) is 10.8 Å². The second kappa shape index (κ2) is 7.17. The van der Waals surface area contributed by atoms with E-state index in [0.29, 0.717) is 39.3 Å². The third-order valence-electron chi connectivity index (χ3n) is 3.59. The molecule has 1 aromatic carbocycles. The van der Waals surface area contributed by atoms with Crippen molar-refractivity contribution in [3.05, 3.63) is 30.1 Å². The van der Waals surface area contributed by atoms with Crippen LogP contribution in [-0.4, -0.2) is 62.8 Å². The molecule has 6 nitrogen and oxygen atoms in total. The Kier molecular flexibility index (Phi) is 5.49. The van der Waals surface area contributed by atoms with Crippen LogP contribution in [0.1, 0.15) is 6.92 Å². The minimum absolute atomic E-state index is 0.0826. The van der Waals surface area contributed by atoms with E-state index in [4.69, 9.17) is 0 Å². The van der Waals surface area contributed by atoms with Gasteiger partial charge in [-0.3, -0.25) is 9.69 Å². The van der Waals surface area contributed by atoms with Gasteiger partial charge in [0.15, 0.2) is 0 Å². The fourth-order valence-corrected chi connectivity index (χ4v) is 3.86. The Morgan fingerprint density at radius 2 is 1.86 bits per heavy atom. The van der Waals surface area contributed by atoms with E-state index in [1.807, 2.05) is 0 Å². The van der Waals surface area contributed by atoms with E-state index in [9.17, 15) is 17.6 Å². The SMILES string of the molecule is CC(=O)NCCN1CCN(S(=O)(=O)c2ccccc2F)CC1. The van der Waals surface area contributed by atoms with E-state index >= 15 is 0 Å². The van der Waals surface area contributed by atoms with Crippen LogP contribution in [0.15, 0.2) is 29.2 Å². The number of nitrogens with one attached hydrogen (secondary N) is 1. The smallest absolute Gasteiger partial charge is 0.246 e. The summed E-state index contributed by atoms with van der Waals surface area (Å²) < 4.78 is 39.9. The lowest BCUT2D eigenvalue weighted by atomic mass is 10.3. The maximum atomic E-state index is 13.7. The van der Waals surface area contributed by atoms with Gasteiger partial charge in [0.2, 0.25) is 15.9 Å². The first kappa shape index (κ1) is 16.9. The van der Waals surface area contributed by atoms with Crippen LogP contribution in [0.5, 0.6) is 0 Å². The lowest BCUT2D eigenvalue weighted by Gasteiger charge is -2.33. The average molecular weight is 329 g/mol. The number of benzene rings is 1. The van der Waals surface area contributed by atoms with Crippen molar-refractivity contribution >= 4 is 15.9 Å². The summed E-state index contributed by atoms with van der Waals surface area (Å²) in [7, 11) is -3.79. The molecule has 1 fully saturated rings. The van der Waals surface area contributed by atoms with Crippen molar-refractivity contribution in [2.75, 3.05) is 39.3 Å². The Bertz CT molecular complexity index is 628. The van der Waals surface area contributed by atoms with Crippen molar-refractivity contribution in [1.29, 1.82) is 0 Å². The number of rotatable bonds is 5. The highest BCUT2D eigenvalue weighted by atomic mass is 32.2. The predicted molar refractivity (Wildman–Crippen MR) is 80.3 cm³/mol. The van der Waals surface area contributed by atoms with E-state index in [2.05, 4.69) is 10.2 Å². The second-order valence-electron chi connectivity index (χ2n) is 5.16. The minimum atomic E-state index is -3.79. The van der Waals surface area contributed by atoms with Crippen LogP contribution in [-0.2, 0) is 14.8 Å². The van der Waals surface area contributed by atoms with Gasteiger partial charge in [-0.05, 0) is 12.1 Å². The number of hydrogen-bond donors (Lipinski definition) is 1. The van der Waals surface area contributed by atoms with E-state index in [1.165, 1.54) is 29.4 Å². The molecular formula is C14H20FN3O3S. The first-order valence-electron chi connectivity index (χ1n) is 7.13. The second-order valence-corrected chi connectivity index (χ2v) is 7.07. The highest BCUT2D eigenvalue weighted by molar-refractivity contribution is 7.89. The Balaban J connectivity index is 1.94. The van der Waals surface area contributed by atoms with Crippen LogP contribution >= 0.6 is 0 Å². The van der Waals surface area contributed by atoms with Crippen molar-refractivity contribution in [3.63, 3.8) is 0 Å². The van der Waals surface area contributed by atoms with Gasteiger partial charge < -0.3 is 5.32 Å². The molecule has 0 atom stereocenters. The fourth-order valence-electron chi connectivity index (χ4n) is 2.38. The van der Waals surface area contributed by atoms with Crippen LogP contribution in [0.25, 0.3) is 0 Å². The van der Waals surface area contributed by atoms with Gasteiger partial charge in [-0.1, -0.05) is 12.1 Å². The fraction of sp³-hybridized carbons (Fsp3) is 0.500. The summed E-state index contributed by atoms with van der Waals surface area (Å²) in [6.45, 7) is 4.43. The van der Waals surface area contributed by atoms with Crippen LogP contribution in [0.3, 0.4) is 0 Å². The Hall–Kier alpha value is -1.51. The molecule has 0 aromatic heterocycles. The van der Waals surface area contributed by atoms with Crippen molar-refractivity contribution in [2.45, 2.75) is 11.8 Å². The molecule has 2 rings (SSSR count). The average Bonchev–Trinajstić information content (AvgIpc) is 2.47. The molecule has 0 bridgehead atoms. The minimum Gasteiger partial charge on any atom is -0.355 e. The first-order chi connectivity index (χ1) is 10.4. The van der Waals surface area contributed by atoms with Gasteiger partial charge in [0.05, 0.1) is 0 Å². The third-order valence-corrected chi connectivity index (χ3v) is 5.52. The molecule has 1 aromatic rings. The molecule has 22 heavy (non-hydrogen) atoms. The quantitative estimate of drug-likeness (QED) is 0.842. The number of halogens is 1. The van der Waals surface area contributed by atoms with E-state index in [0.717, 1.165) is 6.07 Å². The van der Waals surface area contributed by atoms with Gasteiger partial charge in [-0.2, -0.15) is 4.31 Å². The standard InChI is InChI=1S/C14H20FN3O3S/c1-12(19)16-6-7-17-8-10-18(11-9-17)22(20,21)14-5-3-2-4-13(14)15/h2-5H,6-11H2,1H3,(H,16,19). The summed E-state index contributed by atoms with van der Waals surface area (Å²) in [4.78, 5) is 12.6. The maximum Gasteiger partial charge on any atom is 0.246 e. The lowest BCUT2D eigenvalue weighted by molar-refractivity contribution is -0.119. The summed E-state index contributed by atoms with van der Waals surface area (Å²) in [6, 6.07) is 5.42.